The van der Waals surface area contributed by atoms with E-state index in [-0.39, 0.29) is 11.4 Å². The second kappa shape index (κ2) is 6.79. The molecule has 88 valence electrons. The zero-order valence-corrected chi connectivity index (χ0v) is 9.09. The first-order chi connectivity index (χ1) is 7.70. The highest BCUT2D eigenvalue weighted by atomic mass is 16.6. The second-order valence-electron chi connectivity index (χ2n) is 3.68. The van der Waals surface area contributed by atoms with Crippen LogP contribution in [0.25, 0.3) is 0 Å². The van der Waals surface area contributed by atoms with Gasteiger partial charge in [-0.05, 0) is 19.3 Å². The van der Waals surface area contributed by atoms with Gasteiger partial charge in [0.1, 0.15) is 0 Å². The fourth-order valence-electron chi connectivity index (χ4n) is 1.47. The third-order valence-electron chi connectivity index (χ3n) is 2.36. The van der Waals surface area contributed by atoms with Crippen LogP contribution < -0.4 is 10.4 Å². The molecule has 0 atom stereocenters. The number of nitrogens with zero attached hydrogens (tertiary/aromatic N) is 1. The lowest BCUT2D eigenvalue weighted by Crippen LogP contribution is -2.85. The van der Waals surface area contributed by atoms with E-state index in [0.717, 1.165) is 12.1 Å². The molecule has 1 aromatic rings. The summed E-state index contributed by atoms with van der Waals surface area (Å²) in [5, 5.41) is 22.8. The van der Waals surface area contributed by atoms with Crippen LogP contribution in [0.15, 0.2) is 24.3 Å². The summed E-state index contributed by atoms with van der Waals surface area (Å²) in [6.45, 7) is 2.75. The topological polar surface area (TPSA) is 82.8 Å². The molecule has 0 aliphatic carbocycles. The number of piperidine rings is 1. The number of nitro benzene ring substituents is 1. The number of nitrogens with two attached hydrogens (primary N) is 1. The van der Waals surface area contributed by atoms with Gasteiger partial charge in [-0.15, -0.1) is 5.75 Å². The molecule has 0 saturated carbocycles. The fourth-order valence-corrected chi connectivity index (χ4v) is 1.47. The van der Waals surface area contributed by atoms with Gasteiger partial charge >= 0.3 is 0 Å². The Labute approximate surface area is 94.3 Å². The normalized spacial score (nSPS) is 14.8. The SMILES string of the molecule is C1CC[NH2+]CC1.O=[N+]([O-])c1ccc([O-])cc1. The maximum absolute atomic E-state index is 10.4. The molecule has 0 radical (unpaired) electrons. The van der Waals surface area contributed by atoms with Crippen molar-refractivity contribution in [3.63, 3.8) is 0 Å². The molecule has 2 rings (SSSR count). The van der Waals surface area contributed by atoms with E-state index in [4.69, 9.17) is 0 Å². The Hall–Kier alpha value is -1.62. The van der Waals surface area contributed by atoms with Crippen molar-refractivity contribution >= 4 is 5.69 Å². The molecule has 1 fully saturated rings. The Morgan fingerprint density at radius 1 is 1.06 bits per heavy atom. The molecule has 0 bridgehead atoms. The lowest BCUT2D eigenvalue weighted by molar-refractivity contribution is -0.662. The molecule has 1 aliphatic rings. The van der Waals surface area contributed by atoms with E-state index in [1.807, 2.05) is 0 Å². The number of hydrogen-bond acceptors (Lipinski definition) is 3. The Bertz CT molecular complexity index is 309. The van der Waals surface area contributed by atoms with Gasteiger partial charge in [-0.1, -0.05) is 12.1 Å². The van der Waals surface area contributed by atoms with E-state index >= 15 is 0 Å². The van der Waals surface area contributed by atoms with Crippen molar-refractivity contribution in [3.8, 4) is 5.75 Å². The predicted molar refractivity (Wildman–Crippen MR) is 58.1 cm³/mol. The molecule has 5 nitrogen and oxygen atoms in total. The van der Waals surface area contributed by atoms with Crippen molar-refractivity contribution < 1.29 is 15.3 Å². The number of non-ortho nitro benzene ring substituents is 1. The minimum absolute atomic E-state index is 0.0559. The molecule has 1 saturated heterocycles. The van der Waals surface area contributed by atoms with Crippen LogP contribution in [0.4, 0.5) is 5.69 Å². The molecule has 1 aromatic carbocycles. The van der Waals surface area contributed by atoms with Gasteiger partial charge in [0.15, 0.2) is 0 Å². The van der Waals surface area contributed by atoms with E-state index < -0.39 is 4.92 Å². The van der Waals surface area contributed by atoms with Gasteiger partial charge < -0.3 is 10.4 Å². The summed E-state index contributed by atoms with van der Waals surface area (Å²) in [4.78, 5) is 9.47. The summed E-state index contributed by atoms with van der Waals surface area (Å²) in [6.07, 6.45) is 4.36. The van der Waals surface area contributed by atoms with Gasteiger partial charge in [-0.3, -0.25) is 10.1 Å². The summed E-state index contributed by atoms with van der Waals surface area (Å²) in [7, 11) is 0. The van der Waals surface area contributed by atoms with Crippen molar-refractivity contribution in [2.45, 2.75) is 19.3 Å². The minimum Gasteiger partial charge on any atom is -0.872 e. The third-order valence-corrected chi connectivity index (χ3v) is 2.36. The Morgan fingerprint density at radius 3 is 1.94 bits per heavy atom. The third kappa shape index (κ3) is 4.75. The first-order valence-corrected chi connectivity index (χ1v) is 5.43. The first kappa shape index (κ1) is 12.4. The molecule has 0 amide bonds. The van der Waals surface area contributed by atoms with Crippen LogP contribution in [0.3, 0.4) is 0 Å². The Kier molecular flexibility index (Phi) is 5.28. The van der Waals surface area contributed by atoms with E-state index in [1.54, 1.807) is 0 Å². The quantitative estimate of drug-likeness (QED) is 0.553. The molecule has 16 heavy (non-hydrogen) atoms. The highest BCUT2D eigenvalue weighted by molar-refractivity contribution is 5.34. The summed E-state index contributed by atoms with van der Waals surface area (Å²) < 4.78 is 0. The highest BCUT2D eigenvalue weighted by Crippen LogP contribution is 2.12. The lowest BCUT2D eigenvalue weighted by atomic mass is 10.2. The standard InChI is InChI=1S/C6H5NO3.C5H11N/c8-6-3-1-5(2-4-6)7(9)10;1-2-4-6-5-3-1/h1-4,8H;6H,1-5H2. The van der Waals surface area contributed by atoms with Crippen molar-refractivity contribution in [2.75, 3.05) is 13.1 Å². The lowest BCUT2D eigenvalue weighted by Gasteiger charge is -2.05. The summed E-state index contributed by atoms with van der Waals surface area (Å²) in [5.41, 5.74) is -0.0559. The molecule has 0 spiro atoms. The average molecular weight is 224 g/mol. The number of rotatable bonds is 1. The van der Waals surface area contributed by atoms with Crippen molar-refractivity contribution in [2.24, 2.45) is 0 Å². The van der Waals surface area contributed by atoms with Crippen molar-refractivity contribution in [3.05, 3.63) is 34.4 Å². The minimum atomic E-state index is -0.542. The van der Waals surface area contributed by atoms with E-state index in [1.165, 1.54) is 44.5 Å². The maximum Gasteiger partial charge on any atom is 0.269 e. The number of hydrogen-bond donors (Lipinski definition) is 1. The van der Waals surface area contributed by atoms with E-state index in [2.05, 4.69) is 5.32 Å². The van der Waals surface area contributed by atoms with Crippen LogP contribution in [0.1, 0.15) is 19.3 Å². The second-order valence-corrected chi connectivity index (χ2v) is 3.68. The van der Waals surface area contributed by atoms with Gasteiger partial charge in [0.2, 0.25) is 0 Å². The molecular formula is C11H16N2O3. The first-order valence-electron chi connectivity index (χ1n) is 5.43. The molecule has 2 N–H and O–H groups in total. The van der Waals surface area contributed by atoms with Crippen LogP contribution in [-0.2, 0) is 0 Å². The Balaban J connectivity index is 0.000000181. The molecule has 0 unspecified atom stereocenters. The molecule has 1 aliphatic heterocycles. The Morgan fingerprint density at radius 2 is 1.62 bits per heavy atom. The van der Waals surface area contributed by atoms with E-state index in [0.29, 0.717) is 0 Å². The number of nitro groups is 1. The van der Waals surface area contributed by atoms with Gasteiger partial charge in [-0.2, -0.15) is 0 Å². The largest absolute Gasteiger partial charge is 0.872 e. The summed E-state index contributed by atoms with van der Waals surface area (Å²) >= 11 is 0. The van der Waals surface area contributed by atoms with Gasteiger partial charge in [0, 0.05) is 12.1 Å². The van der Waals surface area contributed by atoms with Crippen LogP contribution in [-0.4, -0.2) is 18.0 Å². The smallest absolute Gasteiger partial charge is 0.269 e. The maximum atomic E-state index is 10.4. The highest BCUT2D eigenvalue weighted by Gasteiger charge is 1.99. The molecule has 5 heteroatoms. The van der Waals surface area contributed by atoms with E-state index in [9.17, 15) is 15.2 Å². The average Bonchev–Trinajstić information content (AvgIpc) is 2.32. The van der Waals surface area contributed by atoms with Gasteiger partial charge in [0.05, 0.1) is 18.0 Å². The zero-order chi connectivity index (χ0) is 11.8. The summed E-state index contributed by atoms with van der Waals surface area (Å²) in [6, 6.07) is 4.70. The predicted octanol–water partition coefficient (Wildman–Crippen LogP) is 0.402. The number of benzene rings is 1. The van der Waals surface area contributed by atoms with Gasteiger partial charge in [-0.25, -0.2) is 0 Å². The molecule has 0 aromatic heterocycles. The van der Waals surface area contributed by atoms with Crippen molar-refractivity contribution in [1.82, 2.24) is 0 Å². The fraction of sp³-hybridized carbons (Fsp3) is 0.455. The molecular weight excluding hydrogens is 208 g/mol. The summed E-state index contributed by atoms with van der Waals surface area (Å²) in [5.74, 6) is -0.217. The van der Waals surface area contributed by atoms with Crippen LogP contribution >= 0.6 is 0 Å². The zero-order valence-electron chi connectivity index (χ0n) is 9.09. The van der Waals surface area contributed by atoms with Crippen LogP contribution in [0.2, 0.25) is 0 Å². The van der Waals surface area contributed by atoms with Crippen molar-refractivity contribution in [1.29, 1.82) is 0 Å². The van der Waals surface area contributed by atoms with Crippen LogP contribution in [0, 0.1) is 10.1 Å². The van der Waals surface area contributed by atoms with Crippen LogP contribution in [0.5, 0.6) is 5.75 Å². The molecule has 1 heterocycles. The number of quaternary nitrogens is 1. The monoisotopic (exact) mass is 224 g/mol. The van der Waals surface area contributed by atoms with Gasteiger partial charge in [0.25, 0.3) is 5.69 Å².